The van der Waals surface area contributed by atoms with E-state index < -0.39 is 0 Å². The van der Waals surface area contributed by atoms with E-state index in [1.54, 1.807) is 0 Å². The van der Waals surface area contributed by atoms with Crippen molar-refractivity contribution in [2.75, 3.05) is 0 Å². The number of thiophene rings is 1. The zero-order valence-electron chi connectivity index (χ0n) is 10.8. The summed E-state index contributed by atoms with van der Waals surface area (Å²) in [6.45, 7) is 2.20. The molecule has 1 heteroatoms. The van der Waals surface area contributed by atoms with Crippen LogP contribution < -0.4 is 0 Å². The Bertz CT molecular complexity index is 702. The molecule has 0 bridgehead atoms. The number of fused-ring (bicyclic) bond motifs is 5. The first-order chi connectivity index (χ1) is 9.33. The van der Waals surface area contributed by atoms with Crippen LogP contribution in [0.15, 0.2) is 54.6 Å². The van der Waals surface area contributed by atoms with Gasteiger partial charge >= 0.3 is 0 Å². The largest absolute Gasteiger partial charge is 0.140 e. The molecule has 0 saturated heterocycles. The first kappa shape index (κ1) is 11.0. The van der Waals surface area contributed by atoms with Gasteiger partial charge in [-0.25, -0.2) is 0 Å². The highest BCUT2D eigenvalue weighted by atomic mass is 32.1. The molecular weight excluding hydrogens is 248 g/mol. The monoisotopic (exact) mass is 262 g/mol. The van der Waals surface area contributed by atoms with Gasteiger partial charge in [0.15, 0.2) is 0 Å². The predicted molar refractivity (Wildman–Crippen MR) is 82.7 cm³/mol. The average Bonchev–Trinajstić information content (AvgIpc) is 2.76. The molecule has 0 N–H and O–H groups in total. The Hall–Kier alpha value is -1.86. The zero-order chi connectivity index (χ0) is 12.8. The Morgan fingerprint density at radius 3 is 2.21 bits per heavy atom. The predicted octanol–water partition coefficient (Wildman–Crippen LogP) is 5.29. The van der Waals surface area contributed by atoms with Crippen LogP contribution in [-0.4, -0.2) is 0 Å². The molecule has 0 spiro atoms. The van der Waals surface area contributed by atoms with Crippen LogP contribution in [0, 0.1) is 6.92 Å². The van der Waals surface area contributed by atoms with E-state index in [1.807, 2.05) is 11.3 Å². The van der Waals surface area contributed by atoms with E-state index in [1.165, 1.54) is 37.6 Å². The second-order valence-corrected chi connectivity index (χ2v) is 6.35. The molecule has 0 atom stereocenters. The summed E-state index contributed by atoms with van der Waals surface area (Å²) in [4.78, 5) is 2.81. The Balaban J connectivity index is 2.12. The van der Waals surface area contributed by atoms with Gasteiger partial charge in [-0.3, -0.25) is 0 Å². The first-order valence-corrected chi connectivity index (χ1v) is 7.41. The second-order valence-electron chi connectivity index (χ2n) is 5.09. The smallest absolute Gasteiger partial charge is 0.0426 e. The van der Waals surface area contributed by atoms with Crippen molar-refractivity contribution in [1.82, 2.24) is 0 Å². The van der Waals surface area contributed by atoms with E-state index in [4.69, 9.17) is 0 Å². The van der Waals surface area contributed by atoms with Gasteiger partial charge in [-0.05, 0) is 41.7 Å². The van der Waals surface area contributed by atoms with Gasteiger partial charge in [-0.15, -0.1) is 11.3 Å². The van der Waals surface area contributed by atoms with Crippen LogP contribution in [0.25, 0.3) is 21.6 Å². The van der Waals surface area contributed by atoms with Crippen LogP contribution in [0.3, 0.4) is 0 Å². The van der Waals surface area contributed by atoms with Gasteiger partial charge in [0.25, 0.3) is 0 Å². The molecule has 2 aromatic carbocycles. The van der Waals surface area contributed by atoms with E-state index >= 15 is 0 Å². The molecule has 0 amide bonds. The van der Waals surface area contributed by atoms with E-state index in [0.717, 1.165) is 6.42 Å². The summed E-state index contributed by atoms with van der Waals surface area (Å²) in [6, 6.07) is 19.9. The van der Waals surface area contributed by atoms with Crippen LogP contribution in [0.4, 0.5) is 0 Å². The number of rotatable bonds is 0. The average molecular weight is 262 g/mol. The molecular formula is C18H14S. The number of aryl methyl sites for hydroxylation is 1. The molecule has 1 heterocycles. The lowest BCUT2D eigenvalue weighted by atomic mass is 9.99. The van der Waals surface area contributed by atoms with Crippen molar-refractivity contribution in [2.45, 2.75) is 13.3 Å². The lowest BCUT2D eigenvalue weighted by Crippen LogP contribution is -1.89. The summed E-state index contributed by atoms with van der Waals surface area (Å²) in [6.07, 6.45) is 1.03. The van der Waals surface area contributed by atoms with Crippen LogP contribution >= 0.6 is 11.3 Å². The minimum atomic E-state index is 1.03. The molecule has 1 aromatic heterocycles. The summed E-state index contributed by atoms with van der Waals surface area (Å²) in [5, 5.41) is 0. The maximum absolute atomic E-state index is 2.33. The molecule has 0 saturated carbocycles. The Morgan fingerprint density at radius 2 is 1.42 bits per heavy atom. The molecule has 0 unspecified atom stereocenters. The van der Waals surface area contributed by atoms with Crippen LogP contribution in [0.1, 0.15) is 16.0 Å². The molecule has 92 valence electrons. The number of benzene rings is 2. The summed E-state index contributed by atoms with van der Waals surface area (Å²) in [7, 11) is 0. The minimum Gasteiger partial charge on any atom is -0.140 e. The fourth-order valence-electron chi connectivity index (χ4n) is 2.95. The van der Waals surface area contributed by atoms with Crippen molar-refractivity contribution in [1.29, 1.82) is 0 Å². The first-order valence-electron chi connectivity index (χ1n) is 6.60. The lowest BCUT2D eigenvalue weighted by Gasteiger charge is -2.05. The van der Waals surface area contributed by atoms with Gasteiger partial charge in [-0.1, -0.05) is 48.5 Å². The van der Waals surface area contributed by atoms with Crippen LogP contribution in [-0.2, 0) is 6.42 Å². The highest BCUT2D eigenvalue weighted by molar-refractivity contribution is 7.16. The number of hydrogen-bond acceptors (Lipinski definition) is 1. The summed E-state index contributed by atoms with van der Waals surface area (Å²) in [5.41, 5.74) is 7.09. The molecule has 0 fully saturated rings. The number of hydrogen-bond donors (Lipinski definition) is 0. The van der Waals surface area contributed by atoms with Gasteiger partial charge in [0, 0.05) is 15.3 Å². The molecule has 19 heavy (non-hydrogen) atoms. The summed E-state index contributed by atoms with van der Waals surface area (Å²) < 4.78 is 0. The maximum Gasteiger partial charge on any atom is 0.0426 e. The van der Waals surface area contributed by atoms with Crippen molar-refractivity contribution in [2.24, 2.45) is 0 Å². The normalized spacial score (nSPS) is 12.3. The maximum atomic E-state index is 2.33. The van der Waals surface area contributed by atoms with Crippen molar-refractivity contribution in [3.8, 4) is 21.6 Å². The van der Waals surface area contributed by atoms with Crippen LogP contribution in [0.2, 0.25) is 0 Å². The SMILES string of the molecule is Cc1cc2c(s1)-c1ccccc1Cc1ccccc1-2. The Kier molecular flexibility index (Phi) is 2.36. The Labute approximate surface area is 117 Å². The highest BCUT2D eigenvalue weighted by Crippen LogP contribution is 2.44. The van der Waals surface area contributed by atoms with E-state index in [9.17, 15) is 0 Å². The van der Waals surface area contributed by atoms with Crippen molar-refractivity contribution in [3.63, 3.8) is 0 Å². The van der Waals surface area contributed by atoms with Crippen molar-refractivity contribution >= 4 is 11.3 Å². The van der Waals surface area contributed by atoms with Crippen molar-refractivity contribution < 1.29 is 0 Å². The fraction of sp³-hybridized carbons (Fsp3) is 0.111. The van der Waals surface area contributed by atoms with E-state index in [0.29, 0.717) is 0 Å². The molecule has 0 nitrogen and oxygen atoms in total. The van der Waals surface area contributed by atoms with Gasteiger partial charge in [0.05, 0.1) is 0 Å². The summed E-state index contributed by atoms with van der Waals surface area (Å²) in [5.74, 6) is 0. The third-order valence-corrected chi connectivity index (χ3v) is 4.89. The van der Waals surface area contributed by atoms with E-state index in [-0.39, 0.29) is 0 Å². The van der Waals surface area contributed by atoms with Gasteiger partial charge in [0.1, 0.15) is 0 Å². The van der Waals surface area contributed by atoms with Gasteiger partial charge in [0.2, 0.25) is 0 Å². The third-order valence-electron chi connectivity index (χ3n) is 3.81. The Morgan fingerprint density at radius 1 is 0.789 bits per heavy atom. The molecule has 1 aliphatic rings. The topological polar surface area (TPSA) is 0 Å². The molecule has 1 aliphatic carbocycles. The fourth-order valence-corrected chi connectivity index (χ4v) is 4.04. The standard InChI is InChI=1S/C18H14S/c1-12-10-17-15-8-4-2-6-13(15)11-14-7-3-5-9-16(14)18(17)19-12/h2-10H,11H2,1H3. The molecule has 0 radical (unpaired) electrons. The lowest BCUT2D eigenvalue weighted by molar-refractivity contribution is 1.21. The summed E-state index contributed by atoms with van der Waals surface area (Å²) >= 11 is 1.91. The van der Waals surface area contributed by atoms with Crippen molar-refractivity contribution in [3.05, 3.63) is 70.6 Å². The molecule has 4 rings (SSSR count). The molecule has 3 aromatic rings. The van der Waals surface area contributed by atoms with Crippen LogP contribution in [0.5, 0.6) is 0 Å². The minimum absolute atomic E-state index is 1.03. The molecule has 0 aliphatic heterocycles. The highest BCUT2D eigenvalue weighted by Gasteiger charge is 2.20. The second kappa shape index (κ2) is 4.07. The zero-order valence-corrected chi connectivity index (χ0v) is 11.6. The van der Waals surface area contributed by atoms with E-state index in [2.05, 4.69) is 61.5 Å². The quantitative estimate of drug-likeness (QED) is 0.403. The third kappa shape index (κ3) is 1.66. The van der Waals surface area contributed by atoms with Gasteiger partial charge < -0.3 is 0 Å². The van der Waals surface area contributed by atoms with Gasteiger partial charge in [-0.2, -0.15) is 0 Å².